The number of rotatable bonds is 3. The number of sulfonamides is 1. The highest BCUT2D eigenvalue weighted by Gasteiger charge is 2.25. The molecule has 8 heteroatoms. The molecule has 1 amide bonds. The monoisotopic (exact) mass is 363 g/mol. The van der Waals surface area contributed by atoms with Crippen LogP contribution < -0.4 is 10.6 Å². The lowest BCUT2D eigenvalue weighted by molar-refractivity contribution is -0.115. The summed E-state index contributed by atoms with van der Waals surface area (Å²) in [4.78, 5) is 12.3. The molecule has 1 aliphatic rings. The number of benzene rings is 2. The fourth-order valence-corrected chi connectivity index (χ4v) is 3.64. The number of nitrogens with zero attached hydrogens (tertiary/aromatic N) is 1. The summed E-state index contributed by atoms with van der Waals surface area (Å²) in [5, 5.41) is 6.09. The molecule has 0 saturated carbocycles. The number of hydrogen-bond donors (Lipinski definition) is 2. The molecule has 0 aromatic heterocycles. The minimum atomic E-state index is -3.80. The molecular weight excluding hydrogens is 350 g/mol. The molecule has 0 spiro atoms. The van der Waals surface area contributed by atoms with Crippen LogP contribution in [0, 0.1) is 6.92 Å². The number of amides is 1. The van der Waals surface area contributed by atoms with E-state index in [9.17, 15) is 13.2 Å². The van der Waals surface area contributed by atoms with E-state index in [1.54, 1.807) is 36.4 Å². The summed E-state index contributed by atoms with van der Waals surface area (Å²) in [7, 11) is -3.80. The Morgan fingerprint density at radius 3 is 2.79 bits per heavy atom. The number of amidine groups is 1. The van der Waals surface area contributed by atoms with Gasteiger partial charge in [0.2, 0.25) is 5.91 Å². The molecule has 0 unspecified atom stereocenters. The van der Waals surface area contributed by atoms with Crippen molar-refractivity contribution in [1.82, 2.24) is 0 Å². The van der Waals surface area contributed by atoms with Crippen LogP contribution in [0.25, 0.3) is 0 Å². The third-order valence-corrected chi connectivity index (χ3v) is 5.08. The number of anilines is 2. The Morgan fingerprint density at radius 1 is 1.25 bits per heavy atom. The molecule has 2 aromatic carbocycles. The van der Waals surface area contributed by atoms with Crippen molar-refractivity contribution in [3.8, 4) is 0 Å². The van der Waals surface area contributed by atoms with Gasteiger partial charge in [-0.15, -0.1) is 4.40 Å². The van der Waals surface area contributed by atoms with Gasteiger partial charge in [0.05, 0.1) is 12.1 Å². The first-order chi connectivity index (χ1) is 11.3. The average Bonchev–Trinajstić information content (AvgIpc) is 2.50. The van der Waals surface area contributed by atoms with E-state index in [1.807, 2.05) is 6.92 Å². The topological polar surface area (TPSA) is 87.6 Å². The molecule has 0 radical (unpaired) electrons. The molecular formula is C16H14ClN3O3S. The van der Waals surface area contributed by atoms with Gasteiger partial charge in [0, 0.05) is 10.7 Å². The van der Waals surface area contributed by atoms with Crippen LogP contribution in [0.2, 0.25) is 5.02 Å². The van der Waals surface area contributed by atoms with Gasteiger partial charge < -0.3 is 10.6 Å². The molecule has 0 fully saturated rings. The van der Waals surface area contributed by atoms with E-state index < -0.39 is 10.0 Å². The highest BCUT2D eigenvalue weighted by Crippen LogP contribution is 2.27. The van der Waals surface area contributed by atoms with E-state index >= 15 is 0 Å². The van der Waals surface area contributed by atoms with E-state index in [0.29, 0.717) is 16.4 Å². The van der Waals surface area contributed by atoms with Gasteiger partial charge in [-0.2, -0.15) is 8.42 Å². The molecule has 2 aromatic rings. The largest absolute Gasteiger partial charge is 0.341 e. The van der Waals surface area contributed by atoms with Gasteiger partial charge in [0.25, 0.3) is 10.0 Å². The van der Waals surface area contributed by atoms with Crippen LogP contribution in [0.1, 0.15) is 12.0 Å². The van der Waals surface area contributed by atoms with E-state index in [-0.39, 0.29) is 23.1 Å². The molecule has 0 aliphatic carbocycles. The van der Waals surface area contributed by atoms with Gasteiger partial charge in [-0.1, -0.05) is 29.8 Å². The maximum atomic E-state index is 12.2. The van der Waals surface area contributed by atoms with Crippen molar-refractivity contribution in [2.45, 2.75) is 18.2 Å². The van der Waals surface area contributed by atoms with Crippen molar-refractivity contribution in [2.75, 3.05) is 10.6 Å². The van der Waals surface area contributed by atoms with Crippen molar-refractivity contribution < 1.29 is 13.2 Å². The molecule has 24 heavy (non-hydrogen) atoms. The first-order valence-electron chi connectivity index (χ1n) is 7.11. The van der Waals surface area contributed by atoms with Crippen LogP contribution in [0.5, 0.6) is 0 Å². The average molecular weight is 364 g/mol. The smallest absolute Gasteiger partial charge is 0.286 e. The summed E-state index contributed by atoms with van der Waals surface area (Å²) in [5.41, 5.74) is 1.84. The van der Waals surface area contributed by atoms with Crippen LogP contribution >= 0.6 is 11.6 Å². The number of carbonyl (C=O) groups is 1. The third-order valence-electron chi connectivity index (χ3n) is 3.48. The molecule has 0 bridgehead atoms. The Labute approximate surface area is 144 Å². The Morgan fingerprint density at radius 2 is 2.00 bits per heavy atom. The second-order valence-electron chi connectivity index (χ2n) is 5.32. The Kier molecular flexibility index (Phi) is 4.29. The minimum absolute atomic E-state index is 0.0749. The summed E-state index contributed by atoms with van der Waals surface area (Å²) in [6, 6.07) is 11.6. The van der Waals surface area contributed by atoms with Crippen molar-refractivity contribution in [3.63, 3.8) is 0 Å². The third kappa shape index (κ3) is 3.42. The maximum absolute atomic E-state index is 12.2. The van der Waals surface area contributed by atoms with Crippen LogP contribution in [-0.2, 0) is 14.8 Å². The number of fused-ring (bicyclic) bond motifs is 1. The van der Waals surface area contributed by atoms with E-state index in [2.05, 4.69) is 15.0 Å². The lowest BCUT2D eigenvalue weighted by Crippen LogP contribution is -2.26. The summed E-state index contributed by atoms with van der Waals surface area (Å²) in [5.74, 6) is -0.313. The van der Waals surface area contributed by atoms with Crippen LogP contribution in [0.4, 0.5) is 11.4 Å². The lowest BCUT2D eigenvalue weighted by atomic mass is 10.2. The van der Waals surface area contributed by atoms with Gasteiger partial charge in [-0.25, -0.2) is 0 Å². The predicted molar refractivity (Wildman–Crippen MR) is 94.1 cm³/mol. The van der Waals surface area contributed by atoms with Crippen LogP contribution in [-0.4, -0.2) is 20.2 Å². The van der Waals surface area contributed by atoms with Crippen LogP contribution in [0.15, 0.2) is 51.8 Å². The Hall–Kier alpha value is -2.38. The van der Waals surface area contributed by atoms with E-state index in [1.165, 1.54) is 6.07 Å². The number of halogens is 1. The van der Waals surface area contributed by atoms with E-state index in [4.69, 9.17) is 11.6 Å². The molecule has 124 valence electrons. The zero-order valence-corrected chi connectivity index (χ0v) is 14.3. The maximum Gasteiger partial charge on any atom is 0.286 e. The minimum Gasteiger partial charge on any atom is -0.341 e. The van der Waals surface area contributed by atoms with Gasteiger partial charge in [0.15, 0.2) is 0 Å². The molecule has 2 N–H and O–H groups in total. The first-order valence-corrected chi connectivity index (χ1v) is 8.93. The quantitative estimate of drug-likeness (QED) is 0.876. The van der Waals surface area contributed by atoms with Gasteiger partial charge in [-0.05, 0) is 36.8 Å². The fourth-order valence-electron chi connectivity index (χ4n) is 2.32. The summed E-state index contributed by atoms with van der Waals surface area (Å²) >= 11 is 5.92. The Balaban J connectivity index is 1.78. The summed E-state index contributed by atoms with van der Waals surface area (Å²) in [6.45, 7) is 1.84. The van der Waals surface area contributed by atoms with E-state index in [0.717, 1.165) is 5.56 Å². The zero-order chi connectivity index (χ0) is 17.3. The molecule has 1 heterocycles. The molecule has 0 saturated heterocycles. The number of carbonyl (C=O) groups excluding carboxylic acids is 1. The number of nitrogens with one attached hydrogen (secondary N) is 2. The highest BCUT2D eigenvalue weighted by molar-refractivity contribution is 7.90. The fraction of sp³-hybridized carbons (Fsp3) is 0.125. The van der Waals surface area contributed by atoms with Crippen molar-refractivity contribution >= 4 is 44.7 Å². The van der Waals surface area contributed by atoms with Crippen molar-refractivity contribution in [1.29, 1.82) is 0 Å². The van der Waals surface area contributed by atoms with Gasteiger partial charge in [-0.3, -0.25) is 4.79 Å². The zero-order valence-electron chi connectivity index (χ0n) is 12.7. The predicted octanol–water partition coefficient (Wildman–Crippen LogP) is 3.19. The normalized spacial score (nSPS) is 15.0. The number of para-hydroxylation sites is 1. The standard InChI is InChI=1S/C16H14ClN3O3S/c1-10-6-7-11(17)8-13(10)19-16(21)9-15-18-12-4-2-3-5-14(12)24(22,23)20-15/h2-8H,9H2,1H3,(H,18,20)(H,19,21). The second kappa shape index (κ2) is 6.26. The van der Waals surface area contributed by atoms with Gasteiger partial charge in [0.1, 0.15) is 10.7 Å². The Bertz CT molecular complexity index is 955. The lowest BCUT2D eigenvalue weighted by Gasteiger charge is -2.18. The van der Waals surface area contributed by atoms with Crippen LogP contribution in [0.3, 0.4) is 0 Å². The summed E-state index contributed by atoms with van der Waals surface area (Å²) < 4.78 is 28.0. The van der Waals surface area contributed by atoms with Crippen molar-refractivity contribution in [3.05, 3.63) is 53.1 Å². The number of aryl methyl sites for hydroxylation is 1. The number of hydrogen-bond acceptors (Lipinski definition) is 4. The van der Waals surface area contributed by atoms with Gasteiger partial charge >= 0.3 is 0 Å². The molecule has 1 aliphatic heterocycles. The van der Waals surface area contributed by atoms with Crippen molar-refractivity contribution in [2.24, 2.45) is 4.40 Å². The molecule has 6 nitrogen and oxygen atoms in total. The SMILES string of the molecule is Cc1ccc(Cl)cc1NC(=O)CC1=NS(=O)(=O)c2ccccc2N1. The first kappa shape index (κ1) is 16.5. The second-order valence-corrected chi connectivity index (χ2v) is 7.33. The highest BCUT2D eigenvalue weighted by atomic mass is 35.5. The molecule has 0 atom stereocenters. The summed E-state index contributed by atoms with van der Waals surface area (Å²) in [6.07, 6.45) is -0.195. The molecule has 3 rings (SSSR count).